The number of fused-ring (bicyclic) bond motifs is 1. The normalized spacial score (nSPS) is 12.2. The van der Waals surface area contributed by atoms with Gasteiger partial charge in [0.05, 0.1) is 22.8 Å². The molecular weight excluding hydrogens is 393 g/mol. The number of nitrogens with one attached hydrogen (secondary N) is 1. The molecule has 28 heavy (non-hydrogen) atoms. The molecule has 0 aliphatic heterocycles. The highest BCUT2D eigenvalue weighted by molar-refractivity contribution is 7.99. The van der Waals surface area contributed by atoms with Crippen LogP contribution in [0.2, 0.25) is 0 Å². The molecule has 1 unspecified atom stereocenters. The summed E-state index contributed by atoms with van der Waals surface area (Å²) in [6, 6.07) is 17.7. The van der Waals surface area contributed by atoms with E-state index in [0.717, 1.165) is 26.6 Å². The predicted octanol–water partition coefficient (Wildman–Crippen LogP) is 4.77. The lowest BCUT2D eigenvalue weighted by molar-refractivity contribution is -0.119. The number of hydrogen-bond acceptors (Lipinski definition) is 4. The Labute approximate surface area is 170 Å². The van der Waals surface area contributed by atoms with E-state index in [0.29, 0.717) is 0 Å². The zero-order valence-electron chi connectivity index (χ0n) is 15.1. The molecule has 142 valence electrons. The Morgan fingerprint density at radius 2 is 1.96 bits per heavy atom. The summed E-state index contributed by atoms with van der Waals surface area (Å²) in [4.78, 5) is 18.2. The quantitative estimate of drug-likeness (QED) is 0.465. The highest BCUT2D eigenvalue weighted by Crippen LogP contribution is 2.27. The summed E-state index contributed by atoms with van der Waals surface area (Å²) in [6.07, 6.45) is 0. The van der Waals surface area contributed by atoms with Crippen LogP contribution in [0.3, 0.4) is 0 Å². The fourth-order valence-corrected chi connectivity index (χ4v) is 4.62. The van der Waals surface area contributed by atoms with E-state index < -0.39 is 0 Å². The van der Waals surface area contributed by atoms with E-state index in [2.05, 4.69) is 10.3 Å². The van der Waals surface area contributed by atoms with E-state index in [9.17, 15) is 9.18 Å². The van der Waals surface area contributed by atoms with Gasteiger partial charge < -0.3 is 9.88 Å². The highest BCUT2D eigenvalue weighted by Gasteiger charge is 2.19. The Hall–Kier alpha value is -2.64. The number of halogens is 1. The lowest BCUT2D eigenvalue weighted by Crippen LogP contribution is -2.30. The van der Waals surface area contributed by atoms with Gasteiger partial charge in [0.1, 0.15) is 5.82 Å². The van der Waals surface area contributed by atoms with E-state index in [-0.39, 0.29) is 23.5 Å². The Balaban J connectivity index is 1.48. The summed E-state index contributed by atoms with van der Waals surface area (Å²) in [6.45, 7) is 0. The fraction of sp³-hybridized carbons (Fsp3) is 0.143. The number of aromatic nitrogens is 2. The van der Waals surface area contributed by atoms with Crippen LogP contribution in [0.25, 0.3) is 11.0 Å². The van der Waals surface area contributed by atoms with Crippen molar-refractivity contribution < 1.29 is 9.18 Å². The Morgan fingerprint density at radius 1 is 1.18 bits per heavy atom. The van der Waals surface area contributed by atoms with Gasteiger partial charge in [0.2, 0.25) is 5.91 Å². The van der Waals surface area contributed by atoms with Crippen molar-refractivity contribution in [2.75, 3.05) is 5.75 Å². The third kappa shape index (κ3) is 3.95. The molecule has 4 rings (SSSR count). The van der Waals surface area contributed by atoms with Gasteiger partial charge in [-0.15, -0.1) is 11.3 Å². The van der Waals surface area contributed by atoms with Gasteiger partial charge in [0, 0.05) is 11.9 Å². The van der Waals surface area contributed by atoms with E-state index in [4.69, 9.17) is 0 Å². The van der Waals surface area contributed by atoms with Gasteiger partial charge in [0.15, 0.2) is 5.16 Å². The summed E-state index contributed by atoms with van der Waals surface area (Å²) in [7, 11) is 1.95. The van der Waals surface area contributed by atoms with Crippen LogP contribution in [0.4, 0.5) is 4.39 Å². The van der Waals surface area contributed by atoms with Crippen LogP contribution in [0.5, 0.6) is 0 Å². The van der Waals surface area contributed by atoms with Crippen LogP contribution >= 0.6 is 23.1 Å². The molecule has 0 aliphatic rings. The van der Waals surface area contributed by atoms with Crippen molar-refractivity contribution in [2.45, 2.75) is 11.2 Å². The number of para-hydroxylation sites is 2. The second-order valence-electron chi connectivity index (χ2n) is 6.30. The average Bonchev–Trinajstić information content (AvgIpc) is 3.34. The predicted molar refractivity (Wildman–Crippen MR) is 112 cm³/mol. The van der Waals surface area contributed by atoms with Crippen LogP contribution in [0, 0.1) is 5.82 Å². The first kappa shape index (κ1) is 18.7. The average molecular weight is 412 g/mol. The molecule has 0 spiro atoms. The molecule has 4 nitrogen and oxygen atoms in total. The van der Waals surface area contributed by atoms with Crippen molar-refractivity contribution in [3.8, 4) is 0 Å². The Morgan fingerprint density at radius 3 is 2.68 bits per heavy atom. The topological polar surface area (TPSA) is 46.9 Å². The van der Waals surface area contributed by atoms with Gasteiger partial charge in [-0.1, -0.05) is 42.1 Å². The number of benzene rings is 2. The van der Waals surface area contributed by atoms with Crippen LogP contribution in [-0.2, 0) is 11.8 Å². The summed E-state index contributed by atoms with van der Waals surface area (Å²) in [5, 5.41) is 5.83. The molecule has 1 N–H and O–H groups in total. The standard InChI is InChI=1S/C21H18FN3OS2/c1-25-17-6-3-2-5-16(17)23-21(25)28-13-19(26)24-20(18-7-4-12-27-18)14-8-10-15(22)11-9-14/h2-12,20H,13H2,1H3,(H,24,26). The van der Waals surface area contributed by atoms with Gasteiger partial charge in [-0.05, 0) is 41.3 Å². The number of imidazole rings is 1. The molecule has 0 fully saturated rings. The third-order valence-electron chi connectivity index (χ3n) is 4.41. The lowest BCUT2D eigenvalue weighted by Gasteiger charge is -2.18. The molecular formula is C21H18FN3OS2. The number of amides is 1. The highest BCUT2D eigenvalue weighted by atomic mass is 32.2. The first-order valence-corrected chi connectivity index (χ1v) is 10.6. The van der Waals surface area contributed by atoms with Crippen molar-refractivity contribution in [2.24, 2.45) is 7.05 Å². The minimum atomic E-state index is -0.297. The van der Waals surface area contributed by atoms with Crippen LogP contribution < -0.4 is 5.32 Å². The molecule has 2 heterocycles. The second kappa shape index (κ2) is 8.16. The van der Waals surface area contributed by atoms with Crippen molar-refractivity contribution in [3.05, 3.63) is 82.3 Å². The molecule has 1 amide bonds. The number of thioether (sulfide) groups is 1. The number of carbonyl (C=O) groups is 1. The molecule has 2 aromatic heterocycles. The van der Waals surface area contributed by atoms with Crippen LogP contribution in [0.15, 0.2) is 71.2 Å². The minimum absolute atomic E-state index is 0.0974. The largest absolute Gasteiger partial charge is 0.344 e. The zero-order chi connectivity index (χ0) is 19.5. The first-order valence-electron chi connectivity index (χ1n) is 8.74. The van der Waals surface area contributed by atoms with E-state index >= 15 is 0 Å². The first-order chi connectivity index (χ1) is 13.6. The van der Waals surface area contributed by atoms with Crippen LogP contribution in [-0.4, -0.2) is 21.2 Å². The maximum atomic E-state index is 13.3. The van der Waals surface area contributed by atoms with Crippen LogP contribution in [0.1, 0.15) is 16.5 Å². The van der Waals surface area contributed by atoms with Gasteiger partial charge in [-0.2, -0.15) is 0 Å². The van der Waals surface area contributed by atoms with E-state index in [1.54, 1.807) is 23.5 Å². The van der Waals surface area contributed by atoms with Crippen molar-refractivity contribution in [1.29, 1.82) is 0 Å². The number of aryl methyl sites for hydroxylation is 1. The van der Waals surface area contributed by atoms with Gasteiger partial charge >= 0.3 is 0 Å². The SMILES string of the molecule is Cn1c(SCC(=O)NC(c2ccc(F)cc2)c2cccs2)nc2ccccc21. The van der Waals surface area contributed by atoms with Gasteiger partial charge in [0.25, 0.3) is 0 Å². The number of nitrogens with zero attached hydrogens (tertiary/aromatic N) is 2. The monoisotopic (exact) mass is 411 g/mol. The van der Waals surface area contributed by atoms with Crippen molar-refractivity contribution in [3.63, 3.8) is 0 Å². The minimum Gasteiger partial charge on any atom is -0.344 e. The Bertz CT molecular complexity index is 1090. The molecule has 0 bridgehead atoms. The maximum absolute atomic E-state index is 13.3. The molecule has 2 aromatic carbocycles. The zero-order valence-corrected chi connectivity index (χ0v) is 16.8. The maximum Gasteiger partial charge on any atom is 0.231 e. The van der Waals surface area contributed by atoms with E-state index in [1.807, 2.05) is 53.4 Å². The molecule has 1 atom stereocenters. The molecule has 0 aliphatic carbocycles. The number of hydrogen-bond donors (Lipinski definition) is 1. The molecule has 0 saturated heterocycles. The summed E-state index contributed by atoms with van der Waals surface area (Å²) in [5.41, 5.74) is 2.80. The lowest BCUT2D eigenvalue weighted by atomic mass is 10.1. The number of carbonyl (C=O) groups excluding carboxylic acids is 1. The molecule has 7 heteroatoms. The van der Waals surface area contributed by atoms with E-state index in [1.165, 1.54) is 23.9 Å². The third-order valence-corrected chi connectivity index (χ3v) is 6.38. The Kier molecular flexibility index (Phi) is 5.45. The molecule has 4 aromatic rings. The molecule has 0 saturated carbocycles. The number of thiophene rings is 1. The summed E-state index contributed by atoms with van der Waals surface area (Å²) < 4.78 is 15.3. The summed E-state index contributed by atoms with van der Waals surface area (Å²) >= 11 is 2.96. The second-order valence-corrected chi connectivity index (χ2v) is 8.22. The van der Waals surface area contributed by atoms with Crippen molar-refractivity contribution >= 4 is 40.0 Å². The summed E-state index contributed by atoms with van der Waals surface area (Å²) in [5.74, 6) is -0.141. The fourth-order valence-electron chi connectivity index (χ4n) is 3.01. The van der Waals surface area contributed by atoms with Gasteiger partial charge in [-0.3, -0.25) is 4.79 Å². The smallest absolute Gasteiger partial charge is 0.231 e. The molecule has 0 radical (unpaired) electrons. The van der Waals surface area contributed by atoms with Crippen molar-refractivity contribution in [1.82, 2.24) is 14.9 Å². The number of rotatable bonds is 6. The van der Waals surface area contributed by atoms with Gasteiger partial charge in [-0.25, -0.2) is 9.37 Å².